The second kappa shape index (κ2) is 5.51. The van der Waals surface area contributed by atoms with E-state index in [1.165, 1.54) is 0 Å². The molecule has 1 unspecified atom stereocenters. The van der Waals surface area contributed by atoms with E-state index in [4.69, 9.17) is 16.2 Å². The summed E-state index contributed by atoms with van der Waals surface area (Å²) in [7, 11) is 0. The van der Waals surface area contributed by atoms with Crippen LogP contribution in [0.2, 0.25) is 0 Å². The Hall–Kier alpha value is -1.07. The Kier molecular flexibility index (Phi) is 4.54. The number of amides is 1. The fraction of sp³-hybridized carbons (Fsp3) is 0.417. The van der Waals surface area contributed by atoms with E-state index in [1.807, 2.05) is 13.8 Å². The minimum absolute atomic E-state index is 0.334. The Labute approximate surface area is 109 Å². The molecule has 0 aliphatic heterocycles. The molecule has 4 nitrogen and oxygen atoms in total. The van der Waals surface area contributed by atoms with Crippen molar-refractivity contribution < 1.29 is 9.53 Å². The van der Waals surface area contributed by atoms with Crippen LogP contribution in [0.1, 0.15) is 30.6 Å². The largest absolute Gasteiger partial charge is 0.491 e. The molecule has 1 aromatic rings. The van der Waals surface area contributed by atoms with Gasteiger partial charge in [0.2, 0.25) is 0 Å². The maximum Gasteiger partial charge on any atom is 0.253 e. The molecule has 17 heavy (non-hydrogen) atoms. The molecule has 0 radical (unpaired) electrons. The van der Waals surface area contributed by atoms with Crippen LogP contribution in [0.4, 0.5) is 0 Å². The summed E-state index contributed by atoms with van der Waals surface area (Å²) in [5, 5.41) is 0. The molecule has 0 heterocycles. The van der Waals surface area contributed by atoms with Crippen LogP contribution in [0, 0.1) is 0 Å². The van der Waals surface area contributed by atoms with Crippen molar-refractivity contribution in [2.75, 3.05) is 6.61 Å². The predicted octanol–water partition coefficient (Wildman–Crippen LogP) is 2.05. The fourth-order valence-corrected chi connectivity index (χ4v) is 1.75. The lowest BCUT2D eigenvalue weighted by Gasteiger charge is -2.23. The second-order valence-electron chi connectivity index (χ2n) is 4.27. The standard InChI is InChI=1S/C12H17BrN2O2/c1-3-12(2,15)7-17-9-6-4-5-8(13)10(9)11(14)16/h4-6H,3,7,15H2,1-2H3,(H2,14,16). The van der Waals surface area contributed by atoms with Gasteiger partial charge in [0.15, 0.2) is 0 Å². The van der Waals surface area contributed by atoms with Crippen molar-refractivity contribution in [2.24, 2.45) is 11.5 Å². The summed E-state index contributed by atoms with van der Waals surface area (Å²) in [6.07, 6.45) is 0.785. The van der Waals surface area contributed by atoms with Gasteiger partial charge in [0.05, 0.1) is 5.56 Å². The number of benzene rings is 1. The second-order valence-corrected chi connectivity index (χ2v) is 5.13. The van der Waals surface area contributed by atoms with Crippen LogP contribution in [0.3, 0.4) is 0 Å². The first kappa shape index (κ1) is 14.0. The van der Waals surface area contributed by atoms with Crippen molar-refractivity contribution in [1.82, 2.24) is 0 Å². The minimum atomic E-state index is -0.525. The molecule has 1 rings (SSSR count). The fourth-order valence-electron chi connectivity index (χ4n) is 1.21. The third kappa shape index (κ3) is 3.71. The molecule has 5 heteroatoms. The molecule has 94 valence electrons. The van der Waals surface area contributed by atoms with Gasteiger partial charge in [0.1, 0.15) is 12.4 Å². The smallest absolute Gasteiger partial charge is 0.253 e. The van der Waals surface area contributed by atoms with Gasteiger partial charge in [-0.05, 0) is 41.4 Å². The lowest BCUT2D eigenvalue weighted by atomic mass is 10.0. The molecule has 0 spiro atoms. The Morgan fingerprint density at radius 2 is 2.18 bits per heavy atom. The van der Waals surface area contributed by atoms with E-state index in [0.29, 0.717) is 22.4 Å². The summed E-state index contributed by atoms with van der Waals surface area (Å²) in [6.45, 7) is 4.22. The third-order valence-electron chi connectivity index (χ3n) is 2.59. The summed E-state index contributed by atoms with van der Waals surface area (Å²) in [6, 6.07) is 5.23. The highest BCUT2D eigenvalue weighted by atomic mass is 79.9. The van der Waals surface area contributed by atoms with Crippen molar-refractivity contribution in [3.8, 4) is 5.75 Å². The number of nitrogens with two attached hydrogens (primary N) is 2. The van der Waals surface area contributed by atoms with Crippen LogP contribution >= 0.6 is 15.9 Å². The predicted molar refractivity (Wildman–Crippen MR) is 71.0 cm³/mol. The normalized spacial score (nSPS) is 14.1. The highest BCUT2D eigenvalue weighted by molar-refractivity contribution is 9.10. The number of primary amides is 1. The van der Waals surface area contributed by atoms with Gasteiger partial charge in [-0.25, -0.2) is 0 Å². The van der Waals surface area contributed by atoms with E-state index < -0.39 is 11.4 Å². The molecule has 0 bridgehead atoms. The summed E-state index contributed by atoms with van der Waals surface area (Å²) < 4.78 is 6.20. The van der Waals surface area contributed by atoms with Crippen LogP contribution in [0.25, 0.3) is 0 Å². The number of hydrogen-bond donors (Lipinski definition) is 2. The first-order valence-corrected chi connectivity index (χ1v) is 6.16. The maximum atomic E-state index is 11.3. The van der Waals surface area contributed by atoms with Gasteiger partial charge in [-0.1, -0.05) is 13.0 Å². The van der Waals surface area contributed by atoms with Crippen LogP contribution < -0.4 is 16.2 Å². The van der Waals surface area contributed by atoms with Crippen molar-refractivity contribution in [1.29, 1.82) is 0 Å². The van der Waals surface area contributed by atoms with E-state index in [2.05, 4.69) is 15.9 Å². The minimum Gasteiger partial charge on any atom is -0.491 e. The van der Waals surface area contributed by atoms with Crippen LogP contribution in [0.5, 0.6) is 5.75 Å². The SMILES string of the molecule is CCC(C)(N)COc1cccc(Br)c1C(N)=O. The zero-order valence-electron chi connectivity index (χ0n) is 10.00. The molecule has 0 saturated carbocycles. The first-order chi connectivity index (χ1) is 7.87. The number of rotatable bonds is 5. The number of carbonyl (C=O) groups excluding carboxylic acids is 1. The van der Waals surface area contributed by atoms with Gasteiger partial charge in [-0.2, -0.15) is 0 Å². The zero-order chi connectivity index (χ0) is 13.1. The topological polar surface area (TPSA) is 78.3 Å². The van der Waals surface area contributed by atoms with Crippen molar-refractivity contribution in [3.63, 3.8) is 0 Å². The molecule has 1 amide bonds. The number of halogens is 1. The van der Waals surface area contributed by atoms with Crippen LogP contribution in [-0.2, 0) is 0 Å². The molecule has 0 aromatic heterocycles. The van der Waals surface area contributed by atoms with Gasteiger partial charge in [-0.3, -0.25) is 4.79 Å². The summed E-state index contributed by atoms with van der Waals surface area (Å²) in [5.74, 6) is -0.0697. The van der Waals surface area contributed by atoms with Crippen LogP contribution in [-0.4, -0.2) is 18.1 Å². The summed E-state index contributed by atoms with van der Waals surface area (Å²) in [4.78, 5) is 11.3. The van der Waals surface area contributed by atoms with Crippen molar-refractivity contribution in [2.45, 2.75) is 25.8 Å². The van der Waals surface area contributed by atoms with Gasteiger partial charge in [0.25, 0.3) is 5.91 Å². The molecular weight excluding hydrogens is 284 g/mol. The maximum absolute atomic E-state index is 11.3. The van der Waals surface area contributed by atoms with E-state index >= 15 is 0 Å². The molecule has 1 atom stereocenters. The van der Waals surface area contributed by atoms with E-state index in [-0.39, 0.29) is 0 Å². The quantitative estimate of drug-likeness (QED) is 0.873. The molecule has 4 N–H and O–H groups in total. The summed E-state index contributed by atoms with van der Waals surface area (Å²) >= 11 is 3.27. The molecule has 0 aliphatic rings. The third-order valence-corrected chi connectivity index (χ3v) is 3.25. The molecule has 0 fully saturated rings. The lowest BCUT2D eigenvalue weighted by molar-refractivity contribution is 0.0993. The Bertz CT molecular complexity index is 419. The van der Waals surface area contributed by atoms with E-state index in [9.17, 15) is 4.79 Å². The lowest BCUT2D eigenvalue weighted by Crippen LogP contribution is -2.41. The number of hydrogen-bond acceptors (Lipinski definition) is 3. The van der Waals surface area contributed by atoms with Crippen molar-refractivity contribution >= 4 is 21.8 Å². The number of ether oxygens (including phenoxy) is 1. The van der Waals surface area contributed by atoms with Gasteiger partial charge >= 0.3 is 0 Å². The average molecular weight is 301 g/mol. The zero-order valence-corrected chi connectivity index (χ0v) is 11.6. The van der Waals surface area contributed by atoms with Gasteiger partial charge in [-0.15, -0.1) is 0 Å². The van der Waals surface area contributed by atoms with Crippen LogP contribution in [0.15, 0.2) is 22.7 Å². The van der Waals surface area contributed by atoms with Gasteiger partial charge < -0.3 is 16.2 Å². The van der Waals surface area contributed by atoms with E-state index in [0.717, 1.165) is 6.42 Å². The molecular formula is C12H17BrN2O2. The van der Waals surface area contributed by atoms with Crippen molar-refractivity contribution in [3.05, 3.63) is 28.2 Å². The molecule has 0 saturated heterocycles. The highest BCUT2D eigenvalue weighted by Gasteiger charge is 2.19. The Morgan fingerprint density at radius 3 is 2.71 bits per heavy atom. The molecule has 1 aromatic carbocycles. The van der Waals surface area contributed by atoms with Gasteiger partial charge in [0, 0.05) is 10.0 Å². The Morgan fingerprint density at radius 1 is 1.53 bits per heavy atom. The average Bonchev–Trinajstić information content (AvgIpc) is 2.26. The number of carbonyl (C=O) groups is 1. The van der Waals surface area contributed by atoms with E-state index in [1.54, 1.807) is 18.2 Å². The highest BCUT2D eigenvalue weighted by Crippen LogP contribution is 2.26. The Balaban J connectivity index is 2.92. The molecule has 0 aliphatic carbocycles. The first-order valence-electron chi connectivity index (χ1n) is 5.37. The summed E-state index contributed by atoms with van der Waals surface area (Å²) in [5.41, 5.74) is 11.2. The monoisotopic (exact) mass is 300 g/mol.